The molecule has 2 aromatic carbocycles. The van der Waals surface area contributed by atoms with Crippen molar-refractivity contribution in [3.63, 3.8) is 0 Å². The summed E-state index contributed by atoms with van der Waals surface area (Å²) in [6, 6.07) is 11.5. The van der Waals surface area contributed by atoms with Gasteiger partial charge in [-0.25, -0.2) is 0 Å². The van der Waals surface area contributed by atoms with E-state index in [1.54, 1.807) is 11.1 Å². The van der Waals surface area contributed by atoms with Gasteiger partial charge in [-0.1, -0.05) is 38.8 Å². The Labute approximate surface area is 122 Å². The average Bonchev–Trinajstić information content (AvgIpc) is 2.70. The van der Waals surface area contributed by atoms with Crippen molar-refractivity contribution in [2.24, 2.45) is 0 Å². The molecule has 0 saturated carbocycles. The van der Waals surface area contributed by atoms with Gasteiger partial charge in [-0.05, 0) is 23.7 Å². The fourth-order valence-corrected chi connectivity index (χ4v) is 3.19. The molecule has 0 heterocycles. The van der Waals surface area contributed by atoms with E-state index in [2.05, 4.69) is 58.0 Å². The van der Waals surface area contributed by atoms with Gasteiger partial charge in [0.25, 0.3) is 0 Å². The Balaban J connectivity index is 0.00000120. The molecule has 0 spiro atoms. The van der Waals surface area contributed by atoms with Crippen LogP contribution in [0.15, 0.2) is 30.3 Å². The maximum atomic E-state index is 2.42. The monoisotopic (exact) mass is 232 g/mol. The van der Waals surface area contributed by atoms with Crippen LogP contribution in [-0.4, -0.2) is 0 Å². The minimum Gasteiger partial charge on any atom is -0.168 e. The standard InChI is InChI=1S/C17H21.Li/c1-16(2)8-9-17(3,4)15-11-13-7-5-6-12(13)10-14(15)16;/h5-7,10-11H,8-9H2,1-4H3;/q-1;+1. The molecule has 18 heavy (non-hydrogen) atoms. The van der Waals surface area contributed by atoms with Crippen LogP contribution in [0.3, 0.4) is 0 Å². The van der Waals surface area contributed by atoms with E-state index in [-0.39, 0.29) is 18.9 Å². The van der Waals surface area contributed by atoms with Crippen molar-refractivity contribution in [2.75, 3.05) is 0 Å². The normalized spacial score (nSPS) is 20.2. The largest absolute Gasteiger partial charge is 1.00 e. The van der Waals surface area contributed by atoms with E-state index in [9.17, 15) is 0 Å². The molecule has 1 aliphatic carbocycles. The molecule has 3 rings (SSSR count). The van der Waals surface area contributed by atoms with Gasteiger partial charge >= 0.3 is 18.9 Å². The molecule has 1 heteroatoms. The number of hydrogen-bond donors (Lipinski definition) is 0. The Morgan fingerprint density at radius 3 is 2.11 bits per heavy atom. The minimum atomic E-state index is 0. The van der Waals surface area contributed by atoms with E-state index < -0.39 is 0 Å². The summed E-state index contributed by atoms with van der Waals surface area (Å²) in [5, 5.41) is 2.80. The summed E-state index contributed by atoms with van der Waals surface area (Å²) in [6.07, 6.45) is 2.58. The van der Waals surface area contributed by atoms with Crippen LogP contribution in [0.4, 0.5) is 0 Å². The first-order valence-corrected chi connectivity index (χ1v) is 6.61. The van der Waals surface area contributed by atoms with Gasteiger partial charge < -0.3 is 0 Å². The van der Waals surface area contributed by atoms with Crippen molar-refractivity contribution in [1.29, 1.82) is 0 Å². The molecular formula is C17H21Li. The van der Waals surface area contributed by atoms with Gasteiger partial charge in [0.05, 0.1) is 0 Å². The van der Waals surface area contributed by atoms with Crippen LogP contribution in [0.25, 0.3) is 10.8 Å². The van der Waals surface area contributed by atoms with Crippen LogP contribution < -0.4 is 18.9 Å². The number of rotatable bonds is 0. The molecule has 90 valence electrons. The van der Waals surface area contributed by atoms with E-state index in [0.29, 0.717) is 10.8 Å². The predicted molar refractivity (Wildman–Crippen MR) is 74.8 cm³/mol. The van der Waals surface area contributed by atoms with E-state index in [1.807, 2.05) is 0 Å². The molecular weight excluding hydrogens is 211 g/mol. The first-order valence-electron chi connectivity index (χ1n) is 6.61. The smallest absolute Gasteiger partial charge is 0.168 e. The zero-order valence-electron chi connectivity index (χ0n) is 12.3. The van der Waals surface area contributed by atoms with Gasteiger partial charge in [0.1, 0.15) is 0 Å². The van der Waals surface area contributed by atoms with Gasteiger partial charge in [0, 0.05) is 0 Å². The summed E-state index contributed by atoms with van der Waals surface area (Å²) in [6.45, 7) is 9.54. The average molecular weight is 232 g/mol. The Hall–Kier alpha value is -0.573. The molecule has 0 nitrogen and oxygen atoms in total. The third-order valence-corrected chi connectivity index (χ3v) is 4.61. The van der Waals surface area contributed by atoms with Crippen LogP contribution in [0.5, 0.6) is 0 Å². The van der Waals surface area contributed by atoms with Crippen LogP contribution in [-0.2, 0) is 10.8 Å². The summed E-state index contributed by atoms with van der Waals surface area (Å²) < 4.78 is 0. The van der Waals surface area contributed by atoms with Crippen LogP contribution >= 0.6 is 0 Å². The SMILES string of the molecule is CC1(C)CCC(C)(C)c2cc3[cH-]ccc3cc21.[Li+]. The Morgan fingerprint density at radius 1 is 0.944 bits per heavy atom. The quantitative estimate of drug-likeness (QED) is 0.481. The Morgan fingerprint density at radius 2 is 1.50 bits per heavy atom. The van der Waals surface area contributed by atoms with Crippen LogP contribution in [0.2, 0.25) is 0 Å². The molecule has 0 bridgehead atoms. The molecule has 0 N–H and O–H groups in total. The second kappa shape index (κ2) is 4.22. The van der Waals surface area contributed by atoms with Crippen molar-refractivity contribution in [1.82, 2.24) is 0 Å². The number of fused-ring (bicyclic) bond motifs is 2. The summed E-state index contributed by atoms with van der Waals surface area (Å²) in [7, 11) is 0. The predicted octanol–water partition coefficient (Wildman–Crippen LogP) is 1.91. The fourth-order valence-electron chi connectivity index (χ4n) is 3.19. The molecule has 2 aromatic rings. The summed E-state index contributed by atoms with van der Waals surface area (Å²) in [5.41, 5.74) is 3.78. The molecule has 0 unspecified atom stereocenters. The van der Waals surface area contributed by atoms with E-state index in [1.165, 1.54) is 23.6 Å². The first kappa shape index (κ1) is 13.8. The van der Waals surface area contributed by atoms with E-state index in [0.717, 1.165) is 0 Å². The second-order valence-corrected chi connectivity index (χ2v) is 6.82. The summed E-state index contributed by atoms with van der Waals surface area (Å²) in [5.74, 6) is 0. The third-order valence-electron chi connectivity index (χ3n) is 4.61. The van der Waals surface area contributed by atoms with Gasteiger partial charge in [-0.2, -0.15) is 12.1 Å². The van der Waals surface area contributed by atoms with Crippen molar-refractivity contribution in [2.45, 2.75) is 51.4 Å². The maximum absolute atomic E-state index is 2.42. The number of benzene rings is 1. The van der Waals surface area contributed by atoms with Gasteiger partial charge in [-0.3, -0.25) is 0 Å². The molecule has 0 aliphatic heterocycles. The van der Waals surface area contributed by atoms with E-state index in [4.69, 9.17) is 0 Å². The topological polar surface area (TPSA) is 0 Å². The molecule has 0 atom stereocenters. The molecule has 0 fully saturated rings. The van der Waals surface area contributed by atoms with Crippen molar-refractivity contribution in [3.05, 3.63) is 41.5 Å². The molecule has 0 saturated heterocycles. The first-order chi connectivity index (χ1) is 7.90. The van der Waals surface area contributed by atoms with Crippen LogP contribution in [0, 0.1) is 0 Å². The van der Waals surface area contributed by atoms with Crippen molar-refractivity contribution >= 4 is 10.8 Å². The number of hydrogen-bond acceptors (Lipinski definition) is 0. The third kappa shape index (κ3) is 1.96. The van der Waals surface area contributed by atoms with Crippen molar-refractivity contribution in [3.8, 4) is 0 Å². The Kier molecular flexibility index (Phi) is 3.25. The summed E-state index contributed by atoms with van der Waals surface area (Å²) >= 11 is 0. The van der Waals surface area contributed by atoms with Gasteiger partial charge in [0.2, 0.25) is 0 Å². The second-order valence-electron chi connectivity index (χ2n) is 6.82. The summed E-state index contributed by atoms with van der Waals surface area (Å²) in [4.78, 5) is 0. The molecule has 0 amide bonds. The molecule has 0 radical (unpaired) electrons. The molecule has 0 aromatic heterocycles. The Bertz CT molecular complexity index is 522. The van der Waals surface area contributed by atoms with Gasteiger partial charge in [0.15, 0.2) is 0 Å². The van der Waals surface area contributed by atoms with Crippen molar-refractivity contribution < 1.29 is 18.9 Å². The fraction of sp³-hybridized carbons (Fsp3) is 0.471. The van der Waals surface area contributed by atoms with E-state index >= 15 is 0 Å². The van der Waals surface area contributed by atoms with Gasteiger partial charge in [-0.15, -0.1) is 29.0 Å². The zero-order valence-corrected chi connectivity index (χ0v) is 12.3. The maximum Gasteiger partial charge on any atom is 1.00 e. The van der Waals surface area contributed by atoms with Crippen LogP contribution in [0.1, 0.15) is 51.7 Å². The zero-order chi connectivity index (χ0) is 12.3. The minimum absolute atomic E-state index is 0. The molecule has 1 aliphatic rings.